The molecule has 0 saturated heterocycles. The molecule has 0 aromatic heterocycles. The number of hydrogen-bond acceptors (Lipinski definition) is 3. The molecule has 3 rings (SSSR count). The molecule has 1 aliphatic carbocycles. The molecule has 2 aromatic rings. The van der Waals surface area contributed by atoms with Crippen LogP contribution in [0.5, 0.6) is 5.75 Å². The summed E-state index contributed by atoms with van der Waals surface area (Å²) >= 11 is 0. The molecule has 140 valence electrons. The van der Waals surface area contributed by atoms with Crippen molar-refractivity contribution in [1.82, 2.24) is 0 Å². The minimum absolute atomic E-state index is 0.115. The molecule has 0 amide bonds. The predicted molar refractivity (Wildman–Crippen MR) is 99.1 cm³/mol. The van der Waals surface area contributed by atoms with Crippen LogP contribution in [0, 0.1) is 17.2 Å². The van der Waals surface area contributed by atoms with Gasteiger partial charge in [-0.15, -0.1) is 0 Å². The summed E-state index contributed by atoms with van der Waals surface area (Å²) in [5.41, 5.74) is 2.10. The number of hydrogen-bond donors (Lipinski definition) is 1. The summed E-state index contributed by atoms with van der Waals surface area (Å²) in [5.74, 6) is 1.23. The fourth-order valence-electron chi connectivity index (χ4n) is 4.06. The molecular weight excluding hydrogens is 353 g/mol. The standard InChI is InChI=1S/C20H24FNO3S/c1-20(2)17(10-6-14-12-15(21)7-11-18(14)25-3)19(20)13-4-8-16(9-5-13)26(22,23)24/h4-5,7-9,11-12,17,19H,6,10H2,1-3H3,(H2,22,23,24)/t17-,19-/m1/s1. The largest absolute Gasteiger partial charge is 0.496 e. The maximum absolute atomic E-state index is 13.5. The molecule has 26 heavy (non-hydrogen) atoms. The Bertz CT molecular complexity index is 907. The van der Waals surface area contributed by atoms with E-state index in [9.17, 15) is 12.8 Å². The second-order valence-corrected chi connectivity index (χ2v) is 9.08. The van der Waals surface area contributed by atoms with E-state index in [1.807, 2.05) is 12.1 Å². The summed E-state index contributed by atoms with van der Waals surface area (Å²) in [7, 11) is -2.08. The number of methoxy groups -OCH3 is 1. The molecule has 0 heterocycles. The molecule has 0 bridgehead atoms. The lowest BCUT2D eigenvalue weighted by Gasteiger charge is -2.09. The third kappa shape index (κ3) is 3.62. The Morgan fingerprint density at radius 1 is 1.15 bits per heavy atom. The zero-order valence-electron chi connectivity index (χ0n) is 15.2. The molecule has 2 aromatic carbocycles. The normalized spacial score (nSPS) is 21.4. The Morgan fingerprint density at radius 3 is 2.38 bits per heavy atom. The van der Waals surface area contributed by atoms with Crippen molar-refractivity contribution in [2.45, 2.75) is 37.5 Å². The molecule has 2 atom stereocenters. The van der Waals surface area contributed by atoms with E-state index < -0.39 is 10.0 Å². The van der Waals surface area contributed by atoms with Crippen LogP contribution >= 0.6 is 0 Å². The first kappa shape index (κ1) is 18.9. The van der Waals surface area contributed by atoms with Crippen LogP contribution in [0.25, 0.3) is 0 Å². The van der Waals surface area contributed by atoms with E-state index >= 15 is 0 Å². The fraction of sp³-hybridized carbons (Fsp3) is 0.400. The zero-order valence-corrected chi connectivity index (χ0v) is 16.0. The summed E-state index contributed by atoms with van der Waals surface area (Å²) in [6.45, 7) is 4.41. The number of benzene rings is 2. The van der Waals surface area contributed by atoms with Crippen LogP contribution in [0.2, 0.25) is 0 Å². The summed E-state index contributed by atoms with van der Waals surface area (Å²) in [5, 5.41) is 5.16. The lowest BCUT2D eigenvalue weighted by atomic mass is 10.0. The van der Waals surface area contributed by atoms with Crippen LogP contribution in [-0.2, 0) is 16.4 Å². The highest BCUT2D eigenvalue weighted by atomic mass is 32.2. The average Bonchev–Trinajstić information content (AvgIpc) is 3.13. The first-order valence-electron chi connectivity index (χ1n) is 8.60. The van der Waals surface area contributed by atoms with Gasteiger partial charge in [-0.2, -0.15) is 0 Å². The topological polar surface area (TPSA) is 69.4 Å². The molecule has 4 nitrogen and oxygen atoms in total. The van der Waals surface area contributed by atoms with E-state index in [4.69, 9.17) is 9.88 Å². The van der Waals surface area contributed by atoms with Gasteiger partial charge < -0.3 is 4.74 Å². The minimum Gasteiger partial charge on any atom is -0.496 e. The number of nitrogens with two attached hydrogens (primary N) is 1. The first-order chi connectivity index (χ1) is 12.1. The predicted octanol–water partition coefficient (Wildman–Crippen LogP) is 3.85. The van der Waals surface area contributed by atoms with Crippen molar-refractivity contribution >= 4 is 10.0 Å². The van der Waals surface area contributed by atoms with Gasteiger partial charge in [-0.3, -0.25) is 0 Å². The Labute approximate surface area is 154 Å². The minimum atomic E-state index is -3.67. The van der Waals surface area contributed by atoms with Gasteiger partial charge in [0.05, 0.1) is 12.0 Å². The van der Waals surface area contributed by atoms with Gasteiger partial charge in [0.15, 0.2) is 0 Å². The van der Waals surface area contributed by atoms with E-state index in [2.05, 4.69) is 13.8 Å². The van der Waals surface area contributed by atoms with Crippen molar-refractivity contribution in [3.8, 4) is 5.75 Å². The van der Waals surface area contributed by atoms with Gasteiger partial charge >= 0.3 is 0 Å². The number of aryl methyl sites for hydroxylation is 1. The van der Waals surface area contributed by atoms with Crippen molar-refractivity contribution < 1.29 is 17.5 Å². The second-order valence-electron chi connectivity index (χ2n) is 7.51. The van der Waals surface area contributed by atoms with Crippen molar-refractivity contribution in [2.24, 2.45) is 16.5 Å². The van der Waals surface area contributed by atoms with Gasteiger partial charge in [0.25, 0.3) is 0 Å². The Balaban J connectivity index is 1.73. The molecule has 6 heteroatoms. The Kier molecular flexibility index (Phi) is 4.84. The maximum Gasteiger partial charge on any atom is 0.238 e. The first-order valence-corrected chi connectivity index (χ1v) is 10.1. The van der Waals surface area contributed by atoms with E-state index in [1.54, 1.807) is 25.3 Å². The smallest absolute Gasteiger partial charge is 0.238 e. The summed E-state index contributed by atoms with van der Waals surface area (Å²) in [6, 6.07) is 11.4. The summed E-state index contributed by atoms with van der Waals surface area (Å²) in [6.07, 6.45) is 1.65. The number of halogens is 1. The van der Waals surface area contributed by atoms with Gasteiger partial charge in [-0.05, 0) is 71.6 Å². The lowest BCUT2D eigenvalue weighted by molar-refractivity contribution is 0.406. The molecule has 0 unspecified atom stereocenters. The van der Waals surface area contributed by atoms with Gasteiger partial charge in [-0.1, -0.05) is 26.0 Å². The second kappa shape index (κ2) is 6.67. The highest BCUT2D eigenvalue weighted by molar-refractivity contribution is 7.89. The van der Waals surface area contributed by atoms with Crippen LogP contribution in [0.1, 0.15) is 37.3 Å². The summed E-state index contributed by atoms with van der Waals surface area (Å²) < 4.78 is 41.7. The number of ether oxygens (including phenoxy) is 1. The van der Waals surface area contributed by atoms with E-state index in [0.29, 0.717) is 17.6 Å². The monoisotopic (exact) mass is 377 g/mol. The van der Waals surface area contributed by atoms with E-state index in [1.165, 1.54) is 12.1 Å². The van der Waals surface area contributed by atoms with Crippen LogP contribution in [-0.4, -0.2) is 15.5 Å². The van der Waals surface area contributed by atoms with Crippen molar-refractivity contribution in [1.29, 1.82) is 0 Å². The van der Waals surface area contributed by atoms with Crippen LogP contribution < -0.4 is 9.88 Å². The highest BCUT2D eigenvalue weighted by Gasteiger charge is 2.57. The van der Waals surface area contributed by atoms with Gasteiger partial charge in [0.2, 0.25) is 10.0 Å². The number of primary sulfonamides is 1. The zero-order chi connectivity index (χ0) is 19.1. The van der Waals surface area contributed by atoms with Gasteiger partial charge in [0, 0.05) is 0 Å². The van der Waals surface area contributed by atoms with Crippen molar-refractivity contribution in [3.63, 3.8) is 0 Å². The number of rotatable bonds is 6. The molecule has 1 aliphatic rings. The Morgan fingerprint density at radius 2 is 1.81 bits per heavy atom. The molecule has 0 radical (unpaired) electrons. The molecular formula is C20H24FNO3S. The van der Waals surface area contributed by atoms with Crippen LogP contribution in [0.3, 0.4) is 0 Å². The third-order valence-corrected chi connectivity index (χ3v) is 6.51. The van der Waals surface area contributed by atoms with Gasteiger partial charge in [0.1, 0.15) is 11.6 Å². The van der Waals surface area contributed by atoms with E-state index in [-0.39, 0.29) is 16.1 Å². The molecule has 0 spiro atoms. The maximum atomic E-state index is 13.5. The average molecular weight is 377 g/mol. The molecule has 0 aliphatic heterocycles. The molecule has 1 saturated carbocycles. The van der Waals surface area contributed by atoms with Crippen LogP contribution in [0.4, 0.5) is 4.39 Å². The van der Waals surface area contributed by atoms with Crippen LogP contribution in [0.15, 0.2) is 47.4 Å². The number of sulfonamides is 1. The van der Waals surface area contributed by atoms with Crippen molar-refractivity contribution in [2.75, 3.05) is 7.11 Å². The highest BCUT2D eigenvalue weighted by Crippen LogP contribution is 2.66. The summed E-state index contributed by atoms with van der Waals surface area (Å²) in [4.78, 5) is 0.126. The SMILES string of the molecule is COc1ccc(F)cc1CC[C@@H]1[C@@H](c2ccc(S(N)(=O)=O)cc2)C1(C)C. The lowest BCUT2D eigenvalue weighted by Crippen LogP contribution is -2.11. The third-order valence-electron chi connectivity index (χ3n) is 5.59. The Hall–Kier alpha value is -1.92. The molecule has 1 fully saturated rings. The van der Waals surface area contributed by atoms with Crippen molar-refractivity contribution in [3.05, 3.63) is 59.4 Å². The quantitative estimate of drug-likeness (QED) is 0.831. The van der Waals surface area contributed by atoms with E-state index in [0.717, 1.165) is 24.0 Å². The molecule has 2 N–H and O–H groups in total. The van der Waals surface area contributed by atoms with Gasteiger partial charge in [-0.25, -0.2) is 17.9 Å². The fourth-order valence-corrected chi connectivity index (χ4v) is 4.58.